The SMILES string of the molecule is CCCC(=O)OC1CCCCC1.[Fe+3]. The quantitative estimate of drug-likeness (QED) is 0.546. The Kier molecular flexibility index (Phi) is 7.39. The summed E-state index contributed by atoms with van der Waals surface area (Å²) >= 11 is 0. The van der Waals surface area contributed by atoms with Crippen molar-refractivity contribution in [2.45, 2.75) is 58.0 Å². The average molecular weight is 226 g/mol. The number of rotatable bonds is 3. The Balaban J connectivity index is 0.00000144. The summed E-state index contributed by atoms with van der Waals surface area (Å²) in [6.45, 7) is 2.00. The van der Waals surface area contributed by atoms with Gasteiger partial charge >= 0.3 is 23.0 Å². The van der Waals surface area contributed by atoms with Gasteiger partial charge in [-0.1, -0.05) is 13.3 Å². The third-order valence-corrected chi connectivity index (χ3v) is 2.30. The molecule has 0 bridgehead atoms. The molecule has 0 spiro atoms. The molecule has 3 heteroatoms. The van der Waals surface area contributed by atoms with Crippen molar-refractivity contribution in [2.24, 2.45) is 0 Å². The molecule has 1 aliphatic rings. The summed E-state index contributed by atoms with van der Waals surface area (Å²) in [5, 5.41) is 0. The van der Waals surface area contributed by atoms with Crippen LogP contribution in [0.2, 0.25) is 0 Å². The molecule has 0 heterocycles. The summed E-state index contributed by atoms with van der Waals surface area (Å²) in [7, 11) is 0. The van der Waals surface area contributed by atoms with E-state index in [-0.39, 0.29) is 29.1 Å². The van der Waals surface area contributed by atoms with E-state index in [1.54, 1.807) is 0 Å². The Morgan fingerprint density at radius 2 is 1.92 bits per heavy atom. The van der Waals surface area contributed by atoms with E-state index in [0.29, 0.717) is 6.42 Å². The molecule has 1 saturated carbocycles. The van der Waals surface area contributed by atoms with E-state index in [1.807, 2.05) is 6.92 Å². The molecule has 0 saturated heterocycles. The predicted octanol–water partition coefficient (Wildman–Crippen LogP) is 2.66. The molecule has 0 atom stereocenters. The Hall–Kier alpha value is -0.0105. The van der Waals surface area contributed by atoms with Crippen LogP contribution in [0.4, 0.5) is 0 Å². The van der Waals surface area contributed by atoms with Crippen LogP contribution < -0.4 is 0 Å². The summed E-state index contributed by atoms with van der Waals surface area (Å²) in [6, 6.07) is 0. The molecule has 13 heavy (non-hydrogen) atoms. The minimum atomic E-state index is -0.00981. The topological polar surface area (TPSA) is 26.3 Å². The van der Waals surface area contributed by atoms with E-state index in [9.17, 15) is 4.79 Å². The van der Waals surface area contributed by atoms with Gasteiger partial charge in [0.1, 0.15) is 6.10 Å². The number of carbonyl (C=O) groups is 1. The maximum Gasteiger partial charge on any atom is 3.00 e. The van der Waals surface area contributed by atoms with Crippen LogP contribution >= 0.6 is 0 Å². The normalized spacial score (nSPS) is 17.6. The van der Waals surface area contributed by atoms with Gasteiger partial charge in [-0.05, 0) is 32.1 Å². The number of ether oxygens (including phenoxy) is 1. The third-order valence-electron chi connectivity index (χ3n) is 2.30. The first-order chi connectivity index (χ1) is 5.83. The summed E-state index contributed by atoms with van der Waals surface area (Å²) in [5.41, 5.74) is 0. The fourth-order valence-electron chi connectivity index (χ4n) is 1.63. The first-order valence-corrected chi connectivity index (χ1v) is 5.02. The van der Waals surface area contributed by atoms with Gasteiger partial charge in [0.05, 0.1) is 0 Å². The molecular formula is C10H18FeO2+3. The second-order valence-corrected chi connectivity index (χ2v) is 3.50. The van der Waals surface area contributed by atoms with Gasteiger partial charge in [-0.15, -0.1) is 0 Å². The molecular weight excluding hydrogens is 208 g/mol. The van der Waals surface area contributed by atoms with Crippen LogP contribution in [0, 0.1) is 0 Å². The van der Waals surface area contributed by atoms with Crippen molar-refractivity contribution in [3.63, 3.8) is 0 Å². The van der Waals surface area contributed by atoms with Gasteiger partial charge in [0.15, 0.2) is 0 Å². The maximum absolute atomic E-state index is 11.1. The van der Waals surface area contributed by atoms with Crippen molar-refractivity contribution in [2.75, 3.05) is 0 Å². The smallest absolute Gasteiger partial charge is 0.462 e. The third kappa shape index (κ3) is 5.32. The van der Waals surface area contributed by atoms with E-state index in [2.05, 4.69) is 0 Å². The molecule has 0 aromatic rings. The summed E-state index contributed by atoms with van der Waals surface area (Å²) in [4.78, 5) is 11.1. The van der Waals surface area contributed by atoms with Crippen molar-refractivity contribution in [3.05, 3.63) is 0 Å². The van der Waals surface area contributed by atoms with Crippen LogP contribution in [-0.4, -0.2) is 12.1 Å². The first-order valence-electron chi connectivity index (χ1n) is 5.02. The molecule has 0 aromatic carbocycles. The van der Waals surface area contributed by atoms with Gasteiger partial charge in [-0.3, -0.25) is 4.79 Å². The van der Waals surface area contributed by atoms with Gasteiger partial charge in [-0.25, -0.2) is 0 Å². The zero-order valence-corrected chi connectivity index (χ0v) is 9.30. The molecule has 0 aromatic heterocycles. The number of hydrogen-bond donors (Lipinski definition) is 0. The van der Waals surface area contributed by atoms with Gasteiger partial charge in [0.2, 0.25) is 0 Å². The monoisotopic (exact) mass is 226 g/mol. The van der Waals surface area contributed by atoms with E-state index < -0.39 is 0 Å². The van der Waals surface area contributed by atoms with Crippen molar-refractivity contribution in [3.8, 4) is 0 Å². The molecule has 0 aliphatic heterocycles. The van der Waals surface area contributed by atoms with Crippen LogP contribution in [0.1, 0.15) is 51.9 Å². The molecule has 75 valence electrons. The summed E-state index contributed by atoms with van der Waals surface area (Å²) in [6.07, 6.45) is 7.63. The molecule has 1 rings (SSSR count). The van der Waals surface area contributed by atoms with Crippen molar-refractivity contribution < 1.29 is 26.6 Å². The Morgan fingerprint density at radius 3 is 2.46 bits per heavy atom. The standard InChI is InChI=1S/C10H18O2.Fe/c1-2-6-10(11)12-9-7-4-3-5-8-9;/h9H,2-8H2,1H3;/q;+3. The second-order valence-electron chi connectivity index (χ2n) is 3.50. The van der Waals surface area contributed by atoms with E-state index in [4.69, 9.17) is 4.74 Å². The Morgan fingerprint density at radius 1 is 1.31 bits per heavy atom. The largest absolute Gasteiger partial charge is 3.00 e. The zero-order chi connectivity index (χ0) is 8.81. The van der Waals surface area contributed by atoms with E-state index >= 15 is 0 Å². The molecule has 0 N–H and O–H groups in total. The Labute approximate surface area is 90.9 Å². The molecule has 0 amide bonds. The van der Waals surface area contributed by atoms with Crippen LogP contribution in [-0.2, 0) is 26.6 Å². The van der Waals surface area contributed by atoms with Gasteiger partial charge in [0, 0.05) is 6.42 Å². The minimum absolute atomic E-state index is 0. The van der Waals surface area contributed by atoms with Gasteiger partial charge in [0.25, 0.3) is 0 Å². The van der Waals surface area contributed by atoms with Gasteiger partial charge < -0.3 is 4.74 Å². The number of hydrogen-bond acceptors (Lipinski definition) is 2. The fraction of sp³-hybridized carbons (Fsp3) is 0.900. The average Bonchev–Trinajstić information content (AvgIpc) is 2.06. The van der Waals surface area contributed by atoms with Crippen molar-refractivity contribution in [1.82, 2.24) is 0 Å². The Bertz CT molecular complexity index is 142. The summed E-state index contributed by atoms with van der Waals surface area (Å²) < 4.78 is 5.29. The van der Waals surface area contributed by atoms with Crippen molar-refractivity contribution >= 4 is 5.97 Å². The molecule has 1 aliphatic carbocycles. The van der Waals surface area contributed by atoms with Crippen LogP contribution in [0.5, 0.6) is 0 Å². The number of carbonyl (C=O) groups excluding carboxylic acids is 1. The van der Waals surface area contributed by atoms with Crippen LogP contribution in [0.25, 0.3) is 0 Å². The summed E-state index contributed by atoms with van der Waals surface area (Å²) in [5.74, 6) is -0.00981. The maximum atomic E-state index is 11.1. The molecule has 1 fully saturated rings. The fourth-order valence-corrected chi connectivity index (χ4v) is 1.63. The molecule has 1 radical (unpaired) electrons. The number of esters is 1. The molecule has 2 nitrogen and oxygen atoms in total. The van der Waals surface area contributed by atoms with E-state index in [1.165, 1.54) is 19.3 Å². The first kappa shape index (κ1) is 13.0. The predicted molar refractivity (Wildman–Crippen MR) is 47.9 cm³/mol. The van der Waals surface area contributed by atoms with Crippen molar-refractivity contribution in [1.29, 1.82) is 0 Å². The molecule has 0 unspecified atom stereocenters. The second kappa shape index (κ2) is 7.40. The van der Waals surface area contributed by atoms with Crippen LogP contribution in [0.3, 0.4) is 0 Å². The van der Waals surface area contributed by atoms with E-state index in [0.717, 1.165) is 19.3 Å². The van der Waals surface area contributed by atoms with Gasteiger partial charge in [-0.2, -0.15) is 0 Å². The zero-order valence-electron chi connectivity index (χ0n) is 8.20. The minimum Gasteiger partial charge on any atom is -0.462 e. The van der Waals surface area contributed by atoms with Crippen LogP contribution in [0.15, 0.2) is 0 Å².